The molecule has 3 aromatic heterocycles. The summed E-state index contributed by atoms with van der Waals surface area (Å²) < 4.78 is 56.8. The molecular weight excluding hydrogens is 718 g/mol. The highest BCUT2D eigenvalue weighted by Crippen LogP contribution is 2.58. The third-order valence-corrected chi connectivity index (χ3v) is 10.9. The zero-order chi connectivity index (χ0) is 34.0. The van der Waals surface area contributed by atoms with E-state index in [0.29, 0.717) is 0 Å². The molecule has 4 aliphatic rings. The van der Waals surface area contributed by atoms with Crippen molar-refractivity contribution in [1.82, 2.24) is 29.1 Å². The van der Waals surface area contributed by atoms with Crippen molar-refractivity contribution in [2.75, 3.05) is 30.9 Å². The topological polar surface area (TPSA) is 280 Å². The Hall–Kier alpha value is -2.78. The van der Waals surface area contributed by atoms with Crippen molar-refractivity contribution in [3.8, 4) is 12.3 Å². The predicted molar refractivity (Wildman–Crippen MR) is 169 cm³/mol. The number of hydrogen-bond donors (Lipinski definition) is 7. The summed E-state index contributed by atoms with van der Waals surface area (Å²) in [6.07, 6.45) is -2.53. The van der Waals surface area contributed by atoms with E-state index in [9.17, 15) is 19.7 Å². The molecule has 4 aliphatic heterocycles. The number of hydrogen-bond acceptors (Lipinski definition) is 19. The van der Waals surface area contributed by atoms with Crippen LogP contribution in [-0.2, 0) is 48.7 Å². The Morgan fingerprint density at radius 2 is 1.81 bits per heavy atom. The van der Waals surface area contributed by atoms with Gasteiger partial charge in [0.05, 0.1) is 25.9 Å². The number of nitrogens with zero attached hydrogens (tertiary/aromatic N) is 7. The lowest BCUT2D eigenvalue weighted by atomic mass is 10.1. The van der Waals surface area contributed by atoms with Gasteiger partial charge in [-0.05, 0) is 11.8 Å². The van der Waals surface area contributed by atoms with Crippen LogP contribution in [-0.4, -0.2) is 107 Å². The first kappa shape index (κ1) is 33.7. The highest BCUT2D eigenvalue weighted by Gasteiger charge is 2.53. The molecule has 21 nitrogen and oxygen atoms in total. The first-order valence-corrected chi connectivity index (χ1v) is 19.3. The lowest BCUT2D eigenvalue weighted by Gasteiger charge is -2.28. The van der Waals surface area contributed by atoms with Crippen molar-refractivity contribution in [3.63, 3.8) is 0 Å². The van der Waals surface area contributed by atoms with Gasteiger partial charge in [-0.15, -0.1) is 6.42 Å². The molecular formula is C23H28N10O11P2S2. The fourth-order valence-electron chi connectivity index (χ4n) is 5.63. The number of aromatic nitrogens is 6. The molecule has 3 saturated heterocycles. The van der Waals surface area contributed by atoms with Crippen molar-refractivity contribution in [1.29, 1.82) is 0 Å². The predicted octanol–water partition coefficient (Wildman–Crippen LogP) is -0.718. The minimum Gasteiger partial charge on any atom is -0.387 e. The molecule has 11 atom stereocenters. The zero-order valence-corrected chi connectivity index (χ0v) is 27.8. The Labute approximate surface area is 280 Å². The summed E-state index contributed by atoms with van der Waals surface area (Å²) in [6.45, 7) is -9.71. The smallest absolute Gasteiger partial charge is 0.386 e. The molecule has 3 aromatic rings. The zero-order valence-electron chi connectivity index (χ0n) is 24.3. The highest BCUT2D eigenvalue weighted by atomic mass is 32.7. The van der Waals surface area contributed by atoms with E-state index in [4.69, 9.17) is 62.0 Å². The van der Waals surface area contributed by atoms with Gasteiger partial charge >= 0.3 is 13.5 Å². The summed E-state index contributed by atoms with van der Waals surface area (Å²) in [5.41, 5.74) is 12.6. The standard InChI is InChI=1S/C23H28N10O11P2S2/c1-2-3-38-20-12-19(30-23(25)31-20)33(8-29-12)22-16-13(34)9(41-22)4-39-45(36,47)43-15-10(5-40-46(37,48)44-16)42-21(14(15)35)32-7-28-11-17(24)26-6-27-18(11)32/h1,6-10,13-16,20-22,34-35H,3-5H2,(H,36,47)(H,37,48)(H2,24,26,27)(H3,25,30,31)/t9-,10-,13+,14+,15?,16?,20?,21-,22-,45?,46?/m1/s1. The average Bonchev–Trinajstić information content (AvgIpc) is 3.79. The summed E-state index contributed by atoms with van der Waals surface area (Å²) >= 11 is 9.39. The molecule has 3 fully saturated rings. The van der Waals surface area contributed by atoms with Crippen LogP contribution in [0.25, 0.3) is 11.2 Å². The molecule has 8 N–H and O–H groups in total. The van der Waals surface area contributed by atoms with E-state index in [0.717, 1.165) is 0 Å². The number of thiol groups is 1. The third-order valence-electron chi connectivity index (χ3n) is 7.75. The maximum absolute atomic E-state index is 13.7. The van der Waals surface area contributed by atoms with E-state index in [1.807, 2.05) is 0 Å². The molecule has 2 bridgehead atoms. The number of aliphatic imine (C=N–C) groups is 1. The number of guanidine groups is 1. The minimum absolute atomic E-state index is 0.0307. The van der Waals surface area contributed by atoms with E-state index >= 15 is 0 Å². The van der Waals surface area contributed by atoms with Gasteiger partial charge < -0.3 is 50.6 Å². The van der Waals surface area contributed by atoms with Crippen LogP contribution in [0.15, 0.2) is 24.0 Å². The fraction of sp³-hybridized carbons (Fsp3) is 0.522. The Balaban J connectivity index is 1.17. The number of nitrogens with two attached hydrogens (primary N) is 2. The van der Waals surface area contributed by atoms with Crippen molar-refractivity contribution < 1.29 is 52.0 Å². The lowest BCUT2D eigenvalue weighted by Crippen LogP contribution is -2.36. The van der Waals surface area contributed by atoms with Crippen LogP contribution < -0.4 is 16.8 Å². The Morgan fingerprint density at radius 1 is 1.06 bits per heavy atom. The second-order valence-electron chi connectivity index (χ2n) is 10.8. The van der Waals surface area contributed by atoms with Gasteiger partial charge in [0.1, 0.15) is 66.6 Å². The fourth-order valence-corrected chi connectivity index (χ4v) is 8.53. The number of nitrogen functional groups attached to an aromatic ring is 1. The van der Waals surface area contributed by atoms with E-state index in [1.165, 1.54) is 28.1 Å². The molecule has 0 aromatic carbocycles. The molecule has 258 valence electrons. The van der Waals surface area contributed by atoms with Gasteiger partial charge in [-0.25, -0.2) is 29.5 Å². The number of anilines is 2. The van der Waals surface area contributed by atoms with Gasteiger partial charge in [0, 0.05) is 0 Å². The van der Waals surface area contributed by atoms with Gasteiger partial charge in [0.2, 0.25) is 0 Å². The number of aliphatic hydroxyl groups excluding tert-OH is 2. The average molecular weight is 747 g/mol. The van der Waals surface area contributed by atoms with E-state index in [-0.39, 0.29) is 41.1 Å². The number of rotatable bonds is 4. The first-order chi connectivity index (χ1) is 22.9. The largest absolute Gasteiger partial charge is 0.387 e. The SMILES string of the molecule is C#CCOC1N=C(N)Nc2c1ncn2[C@@H]1O[C@@H]2COP(O)(=S)OC3[C@@H](COP(=O)(S)OC1[C@H]2O)O[C@@H](n1cnc2c(N)ncnc21)[C@H]3O. The second-order valence-corrected chi connectivity index (χ2v) is 16.4. The number of ether oxygens (including phenoxy) is 3. The normalized spacial score (nSPS) is 38.5. The Morgan fingerprint density at radius 3 is 2.60 bits per heavy atom. The molecule has 7 rings (SSSR count). The van der Waals surface area contributed by atoms with E-state index in [2.05, 4.69) is 48.4 Å². The molecule has 5 unspecified atom stereocenters. The van der Waals surface area contributed by atoms with Crippen molar-refractivity contribution in [3.05, 3.63) is 24.7 Å². The summed E-state index contributed by atoms with van der Waals surface area (Å²) in [4.78, 5) is 31.8. The van der Waals surface area contributed by atoms with Gasteiger partial charge in [-0.2, -0.15) is 0 Å². The van der Waals surface area contributed by atoms with Crippen molar-refractivity contribution >= 4 is 66.3 Å². The summed E-state index contributed by atoms with van der Waals surface area (Å²) in [6, 6.07) is 0. The van der Waals surface area contributed by atoms with Crippen LogP contribution in [0, 0.1) is 12.3 Å². The van der Waals surface area contributed by atoms with Crippen LogP contribution in [0.2, 0.25) is 0 Å². The number of fused-ring (bicyclic) bond motifs is 5. The maximum Gasteiger partial charge on any atom is 0.386 e. The Bertz CT molecular complexity index is 1890. The number of imidazole rings is 2. The summed E-state index contributed by atoms with van der Waals surface area (Å²) in [5.74, 6) is 2.66. The molecule has 48 heavy (non-hydrogen) atoms. The molecule has 0 radical (unpaired) electrons. The van der Waals surface area contributed by atoms with Crippen LogP contribution >= 0.6 is 25.8 Å². The Kier molecular flexibility index (Phi) is 9.01. The quantitative estimate of drug-likeness (QED) is 0.0985. The lowest BCUT2D eigenvalue weighted by molar-refractivity contribution is -0.0592. The molecule has 25 heteroatoms. The molecule has 0 spiro atoms. The first-order valence-electron chi connectivity index (χ1n) is 14.0. The number of aliphatic hydroxyl groups is 2. The van der Waals surface area contributed by atoms with Gasteiger partial charge in [0.15, 0.2) is 36.1 Å². The molecule has 0 aliphatic carbocycles. The van der Waals surface area contributed by atoms with Gasteiger partial charge in [-0.1, -0.05) is 18.2 Å². The summed E-state index contributed by atoms with van der Waals surface area (Å²) in [5, 5.41) is 25.5. The van der Waals surface area contributed by atoms with Crippen LogP contribution in [0.4, 0.5) is 11.6 Å². The van der Waals surface area contributed by atoms with Crippen molar-refractivity contribution in [2.24, 2.45) is 10.7 Å². The van der Waals surface area contributed by atoms with Gasteiger partial charge in [-0.3, -0.25) is 22.7 Å². The monoisotopic (exact) mass is 746 g/mol. The minimum atomic E-state index is -4.36. The van der Waals surface area contributed by atoms with E-state index < -0.39 is 82.0 Å². The third kappa shape index (κ3) is 6.23. The van der Waals surface area contributed by atoms with E-state index in [1.54, 1.807) is 0 Å². The maximum atomic E-state index is 13.7. The van der Waals surface area contributed by atoms with Gasteiger partial charge in [0.25, 0.3) is 0 Å². The molecule has 7 heterocycles. The molecule has 0 amide bonds. The van der Waals surface area contributed by atoms with Crippen LogP contribution in [0.1, 0.15) is 24.4 Å². The second kappa shape index (κ2) is 12.8. The molecule has 0 saturated carbocycles. The van der Waals surface area contributed by atoms with Crippen LogP contribution in [0.5, 0.6) is 0 Å². The van der Waals surface area contributed by atoms with Crippen LogP contribution in [0.3, 0.4) is 0 Å². The number of nitrogens with one attached hydrogen (secondary N) is 1. The number of terminal acetylenes is 1. The summed E-state index contributed by atoms with van der Waals surface area (Å²) in [7, 11) is 0. The van der Waals surface area contributed by atoms with Crippen molar-refractivity contribution in [2.45, 2.75) is 55.3 Å². The highest BCUT2D eigenvalue weighted by molar-refractivity contribution is 8.44.